The number of halogens is 1. The molecule has 0 radical (unpaired) electrons. The molecule has 2 N–H and O–H groups in total. The van der Waals surface area contributed by atoms with Gasteiger partial charge in [-0.3, -0.25) is 0 Å². The summed E-state index contributed by atoms with van der Waals surface area (Å²) in [6.45, 7) is 2.06. The molecule has 1 unspecified atom stereocenters. The zero-order valence-corrected chi connectivity index (χ0v) is 10.1. The van der Waals surface area contributed by atoms with E-state index in [1.54, 1.807) is 11.3 Å². The van der Waals surface area contributed by atoms with Gasteiger partial charge in [-0.05, 0) is 52.0 Å². The van der Waals surface area contributed by atoms with E-state index in [0.29, 0.717) is 0 Å². The summed E-state index contributed by atoms with van der Waals surface area (Å²) in [6, 6.07) is 5.67. The van der Waals surface area contributed by atoms with Gasteiger partial charge in [0.1, 0.15) is 5.76 Å². The van der Waals surface area contributed by atoms with Crippen LogP contribution in [-0.2, 0) is 0 Å². The first-order chi connectivity index (χ1) is 6.68. The van der Waals surface area contributed by atoms with Gasteiger partial charge in [-0.15, -0.1) is 11.3 Å². The summed E-state index contributed by atoms with van der Waals surface area (Å²) >= 11 is 4.92. The molecule has 74 valence electrons. The molecular weight excluding hydrogens is 262 g/mol. The average Bonchev–Trinajstić information content (AvgIpc) is 2.73. The highest BCUT2D eigenvalue weighted by Gasteiger charge is 2.15. The van der Waals surface area contributed by atoms with Crippen molar-refractivity contribution in [2.75, 3.05) is 0 Å². The average molecular weight is 272 g/mol. The second-order valence-corrected chi connectivity index (χ2v) is 4.82. The van der Waals surface area contributed by atoms with Gasteiger partial charge in [0.05, 0.1) is 6.04 Å². The Bertz CT molecular complexity index is 435. The van der Waals surface area contributed by atoms with Crippen molar-refractivity contribution in [2.24, 2.45) is 5.73 Å². The van der Waals surface area contributed by atoms with E-state index in [1.165, 1.54) is 5.56 Å². The number of hydrogen-bond acceptors (Lipinski definition) is 3. The Labute approximate surface area is 94.9 Å². The fraction of sp³-hybridized carbons (Fsp3) is 0.200. The van der Waals surface area contributed by atoms with Crippen LogP contribution in [0, 0.1) is 6.92 Å². The second kappa shape index (κ2) is 3.88. The fourth-order valence-corrected chi connectivity index (χ4v) is 2.58. The molecule has 2 heterocycles. The molecule has 4 heteroatoms. The van der Waals surface area contributed by atoms with E-state index in [1.807, 2.05) is 17.5 Å². The number of thiophene rings is 1. The normalized spacial score (nSPS) is 13.1. The third-order valence-corrected chi connectivity index (χ3v) is 3.61. The van der Waals surface area contributed by atoms with E-state index in [4.69, 9.17) is 10.2 Å². The van der Waals surface area contributed by atoms with E-state index in [2.05, 4.69) is 28.9 Å². The number of furan rings is 1. The quantitative estimate of drug-likeness (QED) is 0.909. The molecule has 0 bridgehead atoms. The molecule has 14 heavy (non-hydrogen) atoms. The Balaban J connectivity index is 2.33. The van der Waals surface area contributed by atoms with Crippen molar-refractivity contribution < 1.29 is 4.42 Å². The van der Waals surface area contributed by atoms with Crippen LogP contribution in [0.15, 0.2) is 32.7 Å². The molecular formula is C10H10BrNOS. The summed E-state index contributed by atoms with van der Waals surface area (Å²) in [5.41, 5.74) is 7.29. The van der Waals surface area contributed by atoms with Gasteiger partial charge in [0.25, 0.3) is 0 Å². The second-order valence-electron chi connectivity index (χ2n) is 3.09. The minimum absolute atomic E-state index is 0.152. The standard InChI is InChI=1S/C10H10BrNOS/c1-6-4-5-14-10(6)9(12)7-2-3-8(11)13-7/h2-5,9H,12H2,1H3. The fourth-order valence-electron chi connectivity index (χ4n) is 1.33. The number of rotatable bonds is 2. The predicted molar refractivity (Wildman–Crippen MR) is 61.5 cm³/mol. The van der Waals surface area contributed by atoms with Gasteiger partial charge in [0.2, 0.25) is 0 Å². The maximum absolute atomic E-state index is 6.07. The summed E-state index contributed by atoms with van der Waals surface area (Å²) in [4.78, 5) is 1.16. The van der Waals surface area contributed by atoms with Crippen LogP contribution < -0.4 is 5.73 Å². The van der Waals surface area contributed by atoms with Crippen molar-refractivity contribution in [3.8, 4) is 0 Å². The Morgan fingerprint density at radius 3 is 2.71 bits per heavy atom. The van der Waals surface area contributed by atoms with Gasteiger partial charge in [-0.1, -0.05) is 0 Å². The molecule has 2 aromatic rings. The molecule has 1 atom stereocenters. The van der Waals surface area contributed by atoms with Crippen LogP contribution in [0.4, 0.5) is 0 Å². The minimum Gasteiger partial charge on any atom is -0.452 e. The van der Waals surface area contributed by atoms with Crippen molar-refractivity contribution in [1.82, 2.24) is 0 Å². The first-order valence-corrected chi connectivity index (χ1v) is 5.90. The van der Waals surface area contributed by atoms with Crippen molar-refractivity contribution in [3.05, 3.63) is 44.4 Å². The molecule has 0 aliphatic rings. The monoisotopic (exact) mass is 271 g/mol. The first kappa shape index (κ1) is 9.96. The van der Waals surface area contributed by atoms with Crippen LogP contribution in [0.3, 0.4) is 0 Å². The van der Waals surface area contributed by atoms with Crippen molar-refractivity contribution >= 4 is 27.3 Å². The van der Waals surface area contributed by atoms with E-state index in [9.17, 15) is 0 Å². The van der Waals surface area contributed by atoms with E-state index in [-0.39, 0.29) is 6.04 Å². The first-order valence-electron chi connectivity index (χ1n) is 4.23. The lowest BCUT2D eigenvalue weighted by Gasteiger charge is -2.07. The smallest absolute Gasteiger partial charge is 0.169 e. The van der Waals surface area contributed by atoms with Crippen molar-refractivity contribution in [3.63, 3.8) is 0 Å². The predicted octanol–water partition coefficient (Wildman–Crippen LogP) is 3.46. The topological polar surface area (TPSA) is 39.2 Å². The highest BCUT2D eigenvalue weighted by atomic mass is 79.9. The Kier molecular flexibility index (Phi) is 2.76. The molecule has 0 fully saturated rings. The maximum Gasteiger partial charge on any atom is 0.169 e. The number of aryl methyl sites for hydroxylation is 1. The van der Waals surface area contributed by atoms with Crippen LogP contribution >= 0.6 is 27.3 Å². The SMILES string of the molecule is Cc1ccsc1C(N)c1ccc(Br)o1. The Hall–Kier alpha value is -0.580. The van der Waals surface area contributed by atoms with Gasteiger partial charge in [-0.25, -0.2) is 0 Å². The van der Waals surface area contributed by atoms with Gasteiger partial charge in [0.15, 0.2) is 4.67 Å². The number of nitrogens with two attached hydrogens (primary N) is 1. The zero-order chi connectivity index (χ0) is 10.1. The number of hydrogen-bond donors (Lipinski definition) is 1. The molecule has 2 aromatic heterocycles. The van der Waals surface area contributed by atoms with E-state index < -0.39 is 0 Å². The molecule has 2 nitrogen and oxygen atoms in total. The van der Waals surface area contributed by atoms with E-state index in [0.717, 1.165) is 15.3 Å². The summed E-state index contributed by atoms with van der Waals surface area (Å²) in [5, 5.41) is 2.04. The van der Waals surface area contributed by atoms with Crippen LogP contribution in [0.5, 0.6) is 0 Å². The lowest BCUT2D eigenvalue weighted by Crippen LogP contribution is -2.10. The van der Waals surface area contributed by atoms with Crippen LogP contribution in [0.1, 0.15) is 22.2 Å². The summed E-state index contributed by atoms with van der Waals surface area (Å²) < 4.78 is 6.14. The van der Waals surface area contributed by atoms with Gasteiger partial charge in [-0.2, -0.15) is 0 Å². The van der Waals surface area contributed by atoms with Crippen molar-refractivity contribution in [2.45, 2.75) is 13.0 Å². The molecule has 0 saturated carbocycles. The summed E-state index contributed by atoms with van der Waals surface area (Å²) in [6.07, 6.45) is 0. The Morgan fingerprint density at radius 1 is 1.43 bits per heavy atom. The highest BCUT2D eigenvalue weighted by Crippen LogP contribution is 2.29. The molecule has 0 amide bonds. The third kappa shape index (κ3) is 1.78. The highest BCUT2D eigenvalue weighted by molar-refractivity contribution is 9.10. The van der Waals surface area contributed by atoms with E-state index >= 15 is 0 Å². The summed E-state index contributed by atoms with van der Waals surface area (Å²) in [7, 11) is 0. The van der Waals surface area contributed by atoms with Gasteiger partial charge < -0.3 is 10.2 Å². The lowest BCUT2D eigenvalue weighted by molar-refractivity contribution is 0.471. The van der Waals surface area contributed by atoms with Crippen LogP contribution in [-0.4, -0.2) is 0 Å². The molecule has 0 saturated heterocycles. The molecule has 0 aliphatic heterocycles. The largest absolute Gasteiger partial charge is 0.452 e. The third-order valence-electron chi connectivity index (χ3n) is 2.08. The van der Waals surface area contributed by atoms with Crippen molar-refractivity contribution in [1.29, 1.82) is 0 Å². The lowest BCUT2D eigenvalue weighted by atomic mass is 10.1. The zero-order valence-electron chi connectivity index (χ0n) is 7.66. The molecule has 0 aromatic carbocycles. The van der Waals surface area contributed by atoms with Crippen LogP contribution in [0.2, 0.25) is 0 Å². The molecule has 0 spiro atoms. The minimum atomic E-state index is -0.152. The van der Waals surface area contributed by atoms with Crippen LogP contribution in [0.25, 0.3) is 0 Å². The van der Waals surface area contributed by atoms with Gasteiger partial charge >= 0.3 is 0 Å². The van der Waals surface area contributed by atoms with Gasteiger partial charge in [0, 0.05) is 4.88 Å². The Morgan fingerprint density at radius 2 is 2.21 bits per heavy atom. The maximum atomic E-state index is 6.07. The molecule has 0 aliphatic carbocycles. The molecule has 2 rings (SSSR count). The summed E-state index contributed by atoms with van der Waals surface area (Å²) in [5.74, 6) is 0.794.